The highest BCUT2D eigenvalue weighted by Gasteiger charge is 2.22. The van der Waals surface area contributed by atoms with Gasteiger partial charge in [-0.15, -0.1) is 0 Å². The molecule has 33 heavy (non-hydrogen) atoms. The Bertz CT molecular complexity index is 919. The van der Waals surface area contributed by atoms with Gasteiger partial charge in [-0.25, -0.2) is 0 Å². The second kappa shape index (κ2) is 12.6. The van der Waals surface area contributed by atoms with E-state index in [1.165, 1.54) is 49.8 Å². The number of rotatable bonds is 11. The molecule has 1 saturated carbocycles. The van der Waals surface area contributed by atoms with Crippen molar-refractivity contribution < 1.29 is 4.74 Å². The highest BCUT2D eigenvalue weighted by molar-refractivity contribution is 5.33. The van der Waals surface area contributed by atoms with Gasteiger partial charge in [-0.05, 0) is 98.8 Å². The molecule has 0 bridgehead atoms. The average Bonchev–Trinajstić information content (AvgIpc) is 2.87. The first-order valence-electron chi connectivity index (χ1n) is 12.6. The van der Waals surface area contributed by atoms with Crippen LogP contribution in [0.5, 0.6) is 11.5 Å². The Balaban J connectivity index is 1.34. The molecule has 0 spiro atoms. The van der Waals surface area contributed by atoms with E-state index in [4.69, 9.17) is 10.5 Å². The van der Waals surface area contributed by atoms with E-state index in [9.17, 15) is 0 Å². The highest BCUT2D eigenvalue weighted by Crippen LogP contribution is 2.29. The van der Waals surface area contributed by atoms with Crippen LogP contribution in [-0.4, -0.2) is 24.5 Å². The molecule has 2 N–H and O–H groups in total. The maximum atomic E-state index is 5.97. The molecule has 3 aromatic rings. The number of aryl methyl sites for hydroxylation is 1. The molecule has 0 amide bonds. The van der Waals surface area contributed by atoms with Gasteiger partial charge in [0.05, 0.1) is 0 Å². The van der Waals surface area contributed by atoms with Gasteiger partial charge in [0.25, 0.3) is 0 Å². The summed E-state index contributed by atoms with van der Waals surface area (Å²) in [7, 11) is 0. The molecule has 1 aliphatic carbocycles. The minimum absolute atomic E-state index is 0.741. The summed E-state index contributed by atoms with van der Waals surface area (Å²) in [6.45, 7) is 4.17. The summed E-state index contributed by atoms with van der Waals surface area (Å²) in [4.78, 5) is 2.67. The number of ether oxygens (including phenoxy) is 1. The molecule has 0 aromatic heterocycles. The molecule has 0 unspecified atom stereocenters. The molecule has 1 aliphatic rings. The molecule has 3 nitrogen and oxygen atoms in total. The zero-order valence-corrected chi connectivity index (χ0v) is 19.7. The Morgan fingerprint density at radius 3 is 1.97 bits per heavy atom. The van der Waals surface area contributed by atoms with E-state index in [-0.39, 0.29) is 0 Å². The van der Waals surface area contributed by atoms with Crippen LogP contribution in [0.4, 0.5) is 0 Å². The number of hydrogen-bond donors (Lipinski definition) is 1. The van der Waals surface area contributed by atoms with Crippen LogP contribution in [0, 0.1) is 11.8 Å². The van der Waals surface area contributed by atoms with Crippen molar-refractivity contribution in [2.24, 2.45) is 17.6 Å². The van der Waals surface area contributed by atoms with Crippen LogP contribution < -0.4 is 10.5 Å². The Kier molecular flexibility index (Phi) is 8.97. The van der Waals surface area contributed by atoms with Crippen LogP contribution in [0.1, 0.15) is 43.2 Å². The smallest absolute Gasteiger partial charge is 0.127 e. The molecule has 0 radical (unpaired) electrons. The topological polar surface area (TPSA) is 38.5 Å². The molecule has 0 atom stereocenters. The van der Waals surface area contributed by atoms with Gasteiger partial charge < -0.3 is 10.5 Å². The summed E-state index contributed by atoms with van der Waals surface area (Å²) >= 11 is 0. The number of nitrogens with zero attached hydrogens (tertiary/aromatic N) is 1. The summed E-state index contributed by atoms with van der Waals surface area (Å²) in [5.74, 6) is 3.30. The third kappa shape index (κ3) is 7.73. The van der Waals surface area contributed by atoms with Crippen molar-refractivity contribution in [2.75, 3.05) is 19.6 Å². The predicted molar refractivity (Wildman–Crippen MR) is 138 cm³/mol. The van der Waals surface area contributed by atoms with Crippen LogP contribution in [0.2, 0.25) is 0 Å². The lowest BCUT2D eigenvalue weighted by Crippen LogP contribution is -2.33. The molecule has 0 heterocycles. The molecule has 174 valence electrons. The standard InChI is InChI=1S/C30H38N2O/c31-22-26-13-15-27(16-14-26)23-32(21-7-10-25-8-3-1-4-9-25)24-28-17-19-30(20-18-28)33-29-11-5-2-6-12-29/h1-6,8-9,11-12,17-20,26-27H,7,10,13-16,21-24,31H2. The molecule has 1 fully saturated rings. The number of para-hydroxylation sites is 1. The average molecular weight is 443 g/mol. The number of hydrogen-bond acceptors (Lipinski definition) is 3. The predicted octanol–water partition coefficient (Wildman–Crippen LogP) is 6.68. The van der Waals surface area contributed by atoms with E-state index in [1.807, 2.05) is 30.3 Å². The van der Waals surface area contributed by atoms with Gasteiger partial charge >= 0.3 is 0 Å². The van der Waals surface area contributed by atoms with Crippen molar-refractivity contribution in [3.63, 3.8) is 0 Å². The Labute approximate surface area is 199 Å². The van der Waals surface area contributed by atoms with Gasteiger partial charge in [-0.3, -0.25) is 4.90 Å². The second-order valence-corrected chi connectivity index (χ2v) is 9.51. The van der Waals surface area contributed by atoms with E-state index >= 15 is 0 Å². The van der Waals surface area contributed by atoms with E-state index in [1.54, 1.807) is 0 Å². The van der Waals surface area contributed by atoms with Gasteiger partial charge in [0.15, 0.2) is 0 Å². The van der Waals surface area contributed by atoms with Crippen molar-refractivity contribution in [1.29, 1.82) is 0 Å². The number of nitrogens with two attached hydrogens (primary N) is 1. The summed E-state index contributed by atoms with van der Waals surface area (Å²) in [6, 6.07) is 29.5. The van der Waals surface area contributed by atoms with Crippen molar-refractivity contribution in [2.45, 2.75) is 45.1 Å². The fourth-order valence-corrected chi connectivity index (χ4v) is 4.95. The quantitative estimate of drug-likeness (QED) is 0.360. The summed E-state index contributed by atoms with van der Waals surface area (Å²) in [6.07, 6.45) is 7.56. The van der Waals surface area contributed by atoms with Gasteiger partial charge in [0.1, 0.15) is 11.5 Å². The van der Waals surface area contributed by atoms with Crippen LogP contribution in [0.25, 0.3) is 0 Å². The lowest BCUT2D eigenvalue weighted by molar-refractivity contribution is 0.174. The van der Waals surface area contributed by atoms with Crippen molar-refractivity contribution in [1.82, 2.24) is 4.90 Å². The fourth-order valence-electron chi connectivity index (χ4n) is 4.95. The first-order valence-corrected chi connectivity index (χ1v) is 12.6. The maximum absolute atomic E-state index is 5.97. The summed E-state index contributed by atoms with van der Waals surface area (Å²) in [5.41, 5.74) is 8.70. The lowest BCUT2D eigenvalue weighted by Gasteiger charge is -2.32. The molecule has 0 saturated heterocycles. The van der Waals surface area contributed by atoms with E-state index in [0.717, 1.165) is 49.4 Å². The van der Waals surface area contributed by atoms with Crippen molar-refractivity contribution >= 4 is 0 Å². The largest absolute Gasteiger partial charge is 0.457 e. The SMILES string of the molecule is NCC1CCC(CN(CCCc2ccccc2)Cc2ccc(Oc3ccccc3)cc2)CC1. The van der Waals surface area contributed by atoms with Gasteiger partial charge in [0.2, 0.25) is 0 Å². The van der Waals surface area contributed by atoms with E-state index in [0.29, 0.717) is 0 Å². The third-order valence-corrected chi connectivity index (χ3v) is 6.91. The van der Waals surface area contributed by atoms with E-state index < -0.39 is 0 Å². The minimum Gasteiger partial charge on any atom is -0.457 e. The van der Waals surface area contributed by atoms with Crippen LogP contribution >= 0.6 is 0 Å². The van der Waals surface area contributed by atoms with Crippen LogP contribution in [0.15, 0.2) is 84.9 Å². The summed E-state index contributed by atoms with van der Waals surface area (Å²) < 4.78 is 5.97. The van der Waals surface area contributed by atoms with E-state index in [2.05, 4.69) is 59.5 Å². The van der Waals surface area contributed by atoms with Crippen molar-refractivity contribution in [3.05, 3.63) is 96.1 Å². The van der Waals surface area contributed by atoms with Crippen LogP contribution in [0.3, 0.4) is 0 Å². The third-order valence-electron chi connectivity index (χ3n) is 6.91. The Hall–Kier alpha value is -2.62. The number of benzene rings is 3. The van der Waals surface area contributed by atoms with Crippen molar-refractivity contribution in [3.8, 4) is 11.5 Å². The zero-order valence-electron chi connectivity index (χ0n) is 19.7. The monoisotopic (exact) mass is 442 g/mol. The molecule has 0 aliphatic heterocycles. The highest BCUT2D eigenvalue weighted by atomic mass is 16.5. The molecular formula is C30H38N2O. The second-order valence-electron chi connectivity index (χ2n) is 9.51. The first-order chi connectivity index (χ1) is 16.3. The molecule has 3 heteroatoms. The molecule has 4 rings (SSSR count). The normalized spacial score (nSPS) is 18.4. The lowest BCUT2D eigenvalue weighted by atomic mass is 9.82. The molecule has 3 aromatic carbocycles. The van der Waals surface area contributed by atoms with Gasteiger partial charge in [-0.2, -0.15) is 0 Å². The molecular weight excluding hydrogens is 404 g/mol. The Morgan fingerprint density at radius 2 is 1.30 bits per heavy atom. The first kappa shape index (κ1) is 23.5. The zero-order chi connectivity index (χ0) is 22.7. The summed E-state index contributed by atoms with van der Waals surface area (Å²) in [5, 5.41) is 0. The Morgan fingerprint density at radius 1 is 0.697 bits per heavy atom. The maximum Gasteiger partial charge on any atom is 0.127 e. The van der Waals surface area contributed by atoms with Gasteiger partial charge in [0, 0.05) is 13.1 Å². The fraction of sp³-hybridized carbons (Fsp3) is 0.400. The minimum atomic E-state index is 0.741. The van der Waals surface area contributed by atoms with Gasteiger partial charge in [-0.1, -0.05) is 60.7 Å². The van der Waals surface area contributed by atoms with Crippen LogP contribution in [-0.2, 0) is 13.0 Å².